The van der Waals surface area contributed by atoms with Crippen LogP contribution in [0.2, 0.25) is 5.02 Å². The van der Waals surface area contributed by atoms with Gasteiger partial charge in [0.15, 0.2) is 0 Å². The van der Waals surface area contributed by atoms with Gasteiger partial charge in [0.25, 0.3) is 17.5 Å². The van der Waals surface area contributed by atoms with Gasteiger partial charge in [-0.2, -0.15) is 5.01 Å². The molecule has 0 aromatic heterocycles. The van der Waals surface area contributed by atoms with Crippen LogP contribution in [-0.4, -0.2) is 38.7 Å². The topological polar surface area (TPSA) is 150 Å². The number of carbonyl (C=O) groups excluding carboxylic acids is 4. The molecule has 55 heavy (non-hydrogen) atoms. The Hall–Kier alpha value is -6.40. The molecule has 6 atom stereocenters. The third kappa shape index (κ3) is 5.01. The number of rotatable bonds is 6. The van der Waals surface area contributed by atoms with Crippen LogP contribution in [0.4, 0.5) is 21.5 Å². The van der Waals surface area contributed by atoms with E-state index in [2.05, 4.69) is 5.43 Å². The van der Waals surface area contributed by atoms with Crippen LogP contribution in [0.15, 0.2) is 121 Å². The van der Waals surface area contributed by atoms with Gasteiger partial charge in [0.05, 0.1) is 39.5 Å². The number of allylic oxidation sites excluding steroid dienone is 2. The summed E-state index contributed by atoms with van der Waals surface area (Å²) < 4.78 is 13.9. The SMILES string of the molecule is O=C1[C@@H]2C[C@@H]3C(=CC[C@@H]4C(=O)N(c5ccc([N+](=O)[O-])cc5)C(=O)[C@@H]43)[C@H](c3ccc4ccccc4c3O)[C@]2(c2ccc(Cl)cc2)C(=O)N1Nc1ccc(F)cc1. The molecule has 0 bridgehead atoms. The molecule has 2 aliphatic carbocycles. The van der Waals surface area contributed by atoms with Crippen molar-refractivity contribution < 1.29 is 33.6 Å². The predicted octanol–water partition coefficient (Wildman–Crippen LogP) is 7.44. The van der Waals surface area contributed by atoms with E-state index in [4.69, 9.17) is 11.6 Å². The number of nitrogens with zero attached hydrogens (tertiary/aromatic N) is 3. The van der Waals surface area contributed by atoms with Gasteiger partial charge in [-0.3, -0.25) is 39.6 Å². The van der Waals surface area contributed by atoms with E-state index >= 15 is 4.79 Å². The Balaban J connectivity index is 1.25. The molecule has 0 spiro atoms. The number of imide groups is 2. The van der Waals surface area contributed by atoms with Crippen molar-refractivity contribution >= 4 is 63.1 Å². The van der Waals surface area contributed by atoms with Crippen molar-refractivity contribution in [2.24, 2.45) is 23.7 Å². The molecule has 2 aliphatic heterocycles. The number of carbonyl (C=O) groups is 4. The standard InChI is InChI=1S/C42H30ClFN4O7/c43-24-8-6-23(7-9-24)42-34(39(51)47(41(42)53)45-26-12-10-25(44)11-13-26)21-33-30(36(42)32-18-5-22-3-1-2-4-29(22)37(32)49)19-20-31-35(33)40(52)46(38(31)50)27-14-16-28(17-15-27)48(54)55/h1-19,31,33-36,45,49H,20-21H2/t31-,33+,34-,35-,36+,42+/m0/s1. The zero-order valence-electron chi connectivity index (χ0n) is 28.8. The molecular formula is C42H30ClFN4O7. The van der Waals surface area contributed by atoms with Gasteiger partial charge in [0.2, 0.25) is 11.8 Å². The van der Waals surface area contributed by atoms with E-state index in [1.807, 2.05) is 24.3 Å². The zero-order chi connectivity index (χ0) is 38.3. The largest absolute Gasteiger partial charge is 0.507 e. The van der Waals surface area contributed by atoms with Crippen LogP contribution < -0.4 is 10.3 Å². The number of hydrogen-bond acceptors (Lipinski definition) is 8. The molecule has 9 rings (SSSR count). The highest BCUT2D eigenvalue weighted by Crippen LogP contribution is 2.65. The Kier molecular flexibility index (Phi) is 7.87. The monoisotopic (exact) mass is 756 g/mol. The number of hydrogen-bond donors (Lipinski definition) is 2. The quantitative estimate of drug-likeness (QED) is 0.0786. The van der Waals surface area contributed by atoms with Crippen molar-refractivity contribution in [3.63, 3.8) is 0 Å². The lowest BCUT2D eigenvalue weighted by Crippen LogP contribution is -2.53. The number of amides is 4. The molecule has 5 aromatic rings. The van der Waals surface area contributed by atoms with Crippen molar-refractivity contribution in [3.8, 4) is 5.75 Å². The summed E-state index contributed by atoms with van der Waals surface area (Å²) in [5.74, 6) is -7.36. The first-order valence-corrected chi connectivity index (χ1v) is 18.1. The highest BCUT2D eigenvalue weighted by molar-refractivity contribution is 6.30. The number of hydrazine groups is 1. The second kappa shape index (κ2) is 12.6. The smallest absolute Gasteiger partial charge is 0.269 e. The van der Waals surface area contributed by atoms with E-state index in [9.17, 15) is 34.0 Å². The van der Waals surface area contributed by atoms with Gasteiger partial charge in [-0.05, 0) is 78.2 Å². The van der Waals surface area contributed by atoms with Crippen LogP contribution in [0.25, 0.3) is 10.8 Å². The highest BCUT2D eigenvalue weighted by atomic mass is 35.5. The van der Waals surface area contributed by atoms with Gasteiger partial charge < -0.3 is 5.11 Å². The molecule has 1 saturated carbocycles. The van der Waals surface area contributed by atoms with Crippen molar-refractivity contribution in [1.29, 1.82) is 0 Å². The number of nitro groups is 1. The summed E-state index contributed by atoms with van der Waals surface area (Å²) in [6.07, 6.45) is 2.01. The molecule has 5 aromatic carbocycles. The van der Waals surface area contributed by atoms with Crippen molar-refractivity contribution in [1.82, 2.24) is 5.01 Å². The van der Waals surface area contributed by atoms with Crippen molar-refractivity contribution in [2.75, 3.05) is 10.3 Å². The number of anilines is 2. The summed E-state index contributed by atoms with van der Waals surface area (Å²) in [6, 6.07) is 27.8. The summed E-state index contributed by atoms with van der Waals surface area (Å²) in [5.41, 5.74) is 2.97. The van der Waals surface area contributed by atoms with Crippen LogP contribution in [0.1, 0.15) is 29.9 Å². The average Bonchev–Trinajstić information content (AvgIpc) is 3.57. The Bertz CT molecular complexity index is 2510. The van der Waals surface area contributed by atoms with Crippen molar-refractivity contribution in [2.45, 2.75) is 24.2 Å². The van der Waals surface area contributed by atoms with E-state index in [1.54, 1.807) is 42.5 Å². The van der Waals surface area contributed by atoms with Gasteiger partial charge in [0, 0.05) is 34.0 Å². The molecule has 274 valence electrons. The Morgan fingerprint density at radius 2 is 1.55 bits per heavy atom. The molecule has 4 amide bonds. The van der Waals surface area contributed by atoms with Gasteiger partial charge in [-0.1, -0.05) is 71.8 Å². The first-order chi connectivity index (χ1) is 26.5. The molecule has 0 radical (unpaired) electrons. The maximum Gasteiger partial charge on any atom is 0.269 e. The lowest BCUT2D eigenvalue weighted by Gasteiger charge is -2.50. The molecular weight excluding hydrogens is 727 g/mol. The lowest BCUT2D eigenvalue weighted by molar-refractivity contribution is -0.384. The van der Waals surface area contributed by atoms with E-state index in [0.29, 0.717) is 27.1 Å². The number of fused-ring (bicyclic) bond motifs is 5. The minimum Gasteiger partial charge on any atom is -0.507 e. The number of halogens is 2. The number of benzene rings is 5. The fourth-order valence-electron chi connectivity index (χ4n) is 9.48. The summed E-state index contributed by atoms with van der Waals surface area (Å²) in [5, 5.41) is 26.1. The molecule has 4 aliphatic rings. The lowest BCUT2D eigenvalue weighted by atomic mass is 9.49. The van der Waals surface area contributed by atoms with Gasteiger partial charge in [-0.15, -0.1) is 0 Å². The third-order valence-electron chi connectivity index (χ3n) is 11.8. The Morgan fingerprint density at radius 1 is 0.836 bits per heavy atom. The predicted molar refractivity (Wildman–Crippen MR) is 200 cm³/mol. The Labute approximate surface area is 317 Å². The number of phenolic OH excluding ortho intramolecular Hbond substituents is 1. The second-order valence-corrected chi connectivity index (χ2v) is 14.8. The maximum atomic E-state index is 15.4. The van der Waals surface area contributed by atoms with Gasteiger partial charge >= 0.3 is 0 Å². The molecule has 3 fully saturated rings. The molecule has 11 nitrogen and oxygen atoms in total. The van der Waals surface area contributed by atoms with E-state index in [1.165, 1.54) is 48.5 Å². The van der Waals surface area contributed by atoms with E-state index < -0.39 is 69.4 Å². The zero-order valence-corrected chi connectivity index (χ0v) is 29.5. The van der Waals surface area contributed by atoms with Crippen molar-refractivity contribution in [3.05, 3.63) is 153 Å². The number of phenols is 1. The molecule has 0 unspecified atom stereocenters. The van der Waals surface area contributed by atoms with Crippen LogP contribution >= 0.6 is 11.6 Å². The Morgan fingerprint density at radius 3 is 2.25 bits per heavy atom. The number of non-ortho nitro benzene ring substituents is 1. The van der Waals surface area contributed by atoms with Crippen LogP contribution in [0, 0.1) is 39.6 Å². The van der Waals surface area contributed by atoms with Crippen LogP contribution in [-0.2, 0) is 24.6 Å². The fraction of sp³-hybridized carbons (Fsp3) is 0.190. The van der Waals surface area contributed by atoms with Gasteiger partial charge in [0.1, 0.15) is 11.6 Å². The van der Waals surface area contributed by atoms with Crippen LogP contribution in [0.3, 0.4) is 0 Å². The first-order valence-electron chi connectivity index (χ1n) is 17.7. The first kappa shape index (κ1) is 34.4. The fourth-order valence-corrected chi connectivity index (χ4v) is 9.61. The number of aromatic hydroxyl groups is 1. The summed E-state index contributed by atoms with van der Waals surface area (Å²) >= 11 is 6.37. The molecule has 2 N–H and O–H groups in total. The minimum absolute atomic E-state index is 0.000236. The highest BCUT2D eigenvalue weighted by Gasteiger charge is 2.70. The molecule has 13 heteroatoms. The van der Waals surface area contributed by atoms with Gasteiger partial charge in [-0.25, -0.2) is 4.39 Å². The van der Waals surface area contributed by atoms with E-state index in [-0.39, 0.29) is 35.7 Å². The molecule has 2 saturated heterocycles. The summed E-state index contributed by atoms with van der Waals surface area (Å²) in [7, 11) is 0. The third-order valence-corrected chi connectivity index (χ3v) is 12.1. The van der Waals surface area contributed by atoms with Crippen LogP contribution in [0.5, 0.6) is 5.75 Å². The minimum atomic E-state index is -1.67. The average molecular weight is 757 g/mol. The summed E-state index contributed by atoms with van der Waals surface area (Å²) in [4.78, 5) is 70.7. The summed E-state index contributed by atoms with van der Waals surface area (Å²) in [6.45, 7) is 0. The number of nitro benzene ring substituents is 1. The maximum absolute atomic E-state index is 15.4. The molecule has 2 heterocycles. The number of nitrogens with one attached hydrogen (secondary N) is 1. The second-order valence-electron chi connectivity index (χ2n) is 14.4. The normalized spacial score (nSPS) is 25.8. The van der Waals surface area contributed by atoms with E-state index in [0.717, 1.165) is 15.3 Å².